The number of aliphatic hydroxyl groups is 1. The van der Waals surface area contributed by atoms with E-state index in [2.05, 4.69) is 26.1 Å². The number of rotatable bonds is 4. The van der Waals surface area contributed by atoms with Gasteiger partial charge in [0.1, 0.15) is 0 Å². The molecule has 1 saturated heterocycles. The van der Waals surface area contributed by atoms with Crippen molar-refractivity contribution < 1.29 is 5.11 Å². The van der Waals surface area contributed by atoms with Crippen molar-refractivity contribution >= 4 is 11.8 Å². The molecule has 0 aromatic carbocycles. The van der Waals surface area contributed by atoms with Crippen LogP contribution >= 0.6 is 11.8 Å². The smallest absolute Gasteiger partial charge is 0.0621 e. The van der Waals surface area contributed by atoms with Gasteiger partial charge in [0.2, 0.25) is 0 Å². The molecule has 0 aromatic rings. The zero-order chi connectivity index (χ0) is 10.7. The van der Waals surface area contributed by atoms with Gasteiger partial charge < -0.3 is 10.4 Å². The molecule has 0 aromatic heterocycles. The van der Waals surface area contributed by atoms with E-state index >= 15 is 0 Å². The van der Waals surface area contributed by atoms with E-state index in [1.54, 1.807) is 0 Å². The minimum absolute atomic E-state index is 0.0254. The molecule has 1 atom stereocenters. The van der Waals surface area contributed by atoms with Crippen molar-refractivity contribution in [1.29, 1.82) is 0 Å². The molecule has 1 aliphatic rings. The van der Waals surface area contributed by atoms with Gasteiger partial charge in [-0.3, -0.25) is 0 Å². The van der Waals surface area contributed by atoms with Gasteiger partial charge in [-0.15, -0.1) is 0 Å². The minimum atomic E-state index is -0.0254. The van der Waals surface area contributed by atoms with Crippen molar-refractivity contribution in [2.45, 2.75) is 39.2 Å². The van der Waals surface area contributed by atoms with Gasteiger partial charge in [-0.25, -0.2) is 0 Å². The quantitative estimate of drug-likeness (QED) is 0.754. The summed E-state index contributed by atoms with van der Waals surface area (Å²) in [5.41, 5.74) is 0.328. The molecule has 2 N–H and O–H groups in total. The average Bonchev–Trinajstić information content (AvgIpc) is 2.13. The van der Waals surface area contributed by atoms with Gasteiger partial charge in [-0.05, 0) is 30.6 Å². The fraction of sp³-hybridized carbons (Fsp3) is 1.00. The van der Waals surface area contributed by atoms with E-state index < -0.39 is 0 Å². The number of thioether (sulfide) groups is 1. The van der Waals surface area contributed by atoms with Gasteiger partial charge in [0.05, 0.1) is 12.1 Å². The molecule has 2 nitrogen and oxygen atoms in total. The van der Waals surface area contributed by atoms with Crippen LogP contribution in [0, 0.1) is 5.41 Å². The summed E-state index contributed by atoms with van der Waals surface area (Å²) in [4.78, 5) is 0. The Balaban J connectivity index is 2.58. The molecule has 84 valence electrons. The number of hydrogen-bond donors (Lipinski definition) is 2. The zero-order valence-corrected chi connectivity index (χ0v) is 10.4. The van der Waals surface area contributed by atoms with E-state index in [1.165, 1.54) is 5.75 Å². The van der Waals surface area contributed by atoms with E-state index in [0.717, 1.165) is 25.1 Å². The predicted octanol–water partition coefficient (Wildman–Crippen LogP) is 1.88. The summed E-state index contributed by atoms with van der Waals surface area (Å²) in [5, 5.41) is 13.0. The topological polar surface area (TPSA) is 32.3 Å². The Morgan fingerprint density at radius 1 is 1.36 bits per heavy atom. The number of nitrogens with one attached hydrogen (secondary N) is 1. The van der Waals surface area contributed by atoms with Crippen molar-refractivity contribution in [3.05, 3.63) is 0 Å². The number of hydrogen-bond acceptors (Lipinski definition) is 3. The first-order chi connectivity index (χ1) is 6.54. The van der Waals surface area contributed by atoms with E-state index in [9.17, 15) is 5.11 Å². The van der Waals surface area contributed by atoms with Crippen molar-refractivity contribution in [1.82, 2.24) is 5.32 Å². The Hall–Kier alpha value is 0.270. The average molecular weight is 217 g/mol. The van der Waals surface area contributed by atoms with Crippen LogP contribution in [0.15, 0.2) is 0 Å². The van der Waals surface area contributed by atoms with Gasteiger partial charge in [-0.1, -0.05) is 20.8 Å². The van der Waals surface area contributed by atoms with Crippen LogP contribution in [0.3, 0.4) is 0 Å². The molecule has 1 heterocycles. The van der Waals surface area contributed by atoms with Gasteiger partial charge in [0.25, 0.3) is 0 Å². The van der Waals surface area contributed by atoms with Gasteiger partial charge in [-0.2, -0.15) is 11.8 Å². The Morgan fingerprint density at radius 3 is 2.57 bits per heavy atom. The lowest BCUT2D eigenvalue weighted by atomic mass is 9.80. The first-order valence-electron chi connectivity index (χ1n) is 5.47. The minimum Gasteiger partial charge on any atom is -0.394 e. The standard InChI is InChI=1S/C11H23NOS/c1-4-5-12-11(7-13)6-10(2,3)8-14-9-11/h12-13H,4-9H2,1-3H3. The van der Waals surface area contributed by atoms with Crippen LogP contribution in [-0.4, -0.2) is 35.3 Å². The first kappa shape index (κ1) is 12.3. The Bertz CT molecular complexity index is 184. The highest BCUT2D eigenvalue weighted by molar-refractivity contribution is 7.99. The predicted molar refractivity (Wildman–Crippen MR) is 63.8 cm³/mol. The number of aliphatic hydroxyl groups excluding tert-OH is 1. The van der Waals surface area contributed by atoms with E-state index in [0.29, 0.717) is 5.41 Å². The molecule has 0 aliphatic carbocycles. The molecule has 1 rings (SSSR count). The molecule has 0 saturated carbocycles. The second-order valence-corrected chi connectivity index (χ2v) is 6.18. The summed E-state index contributed by atoms with van der Waals surface area (Å²) in [7, 11) is 0. The third-order valence-corrected chi connectivity index (χ3v) is 4.48. The summed E-state index contributed by atoms with van der Waals surface area (Å²) in [6.07, 6.45) is 2.22. The molecular formula is C11H23NOS. The second-order valence-electron chi connectivity index (χ2n) is 5.20. The largest absolute Gasteiger partial charge is 0.394 e. The summed E-state index contributed by atoms with van der Waals surface area (Å²) in [5.74, 6) is 2.26. The monoisotopic (exact) mass is 217 g/mol. The van der Waals surface area contributed by atoms with E-state index in [-0.39, 0.29) is 12.1 Å². The van der Waals surface area contributed by atoms with Crippen LogP contribution in [0.25, 0.3) is 0 Å². The molecule has 14 heavy (non-hydrogen) atoms. The SMILES string of the molecule is CCCNC1(CO)CSCC(C)(C)C1. The normalized spacial score (nSPS) is 31.7. The highest BCUT2D eigenvalue weighted by Crippen LogP contribution is 2.38. The molecule has 0 bridgehead atoms. The lowest BCUT2D eigenvalue weighted by Crippen LogP contribution is -2.56. The maximum absolute atomic E-state index is 9.52. The molecule has 1 unspecified atom stereocenters. The van der Waals surface area contributed by atoms with Crippen LogP contribution in [-0.2, 0) is 0 Å². The fourth-order valence-corrected chi connectivity index (χ4v) is 3.64. The molecule has 0 radical (unpaired) electrons. The van der Waals surface area contributed by atoms with Crippen LogP contribution in [0.2, 0.25) is 0 Å². The fourth-order valence-electron chi connectivity index (χ4n) is 2.20. The maximum atomic E-state index is 9.52. The molecule has 1 aliphatic heterocycles. The Labute approximate surface area is 91.9 Å². The summed E-state index contributed by atoms with van der Waals surface area (Å²) < 4.78 is 0. The van der Waals surface area contributed by atoms with Crippen LogP contribution in [0.5, 0.6) is 0 Å². The molecule has 0 spiro atoms. The lowest BCUT2D eigenvalue weighted by Gasteiger charge is -2.44. The highest BCUT2D eigenvalue weighted by Gasteiger charge is 2.39. The summed E-state index contributed by atoms with van der Waals surface area (Å²) >= 11 is 1.96. The van der Waals surface area contributed by atoms with Crippen LogP contribution < -0.4 is 5.32 Å². The lowest BCUT2D eigenvalue weighted by molar-refractivity contribution is 0.128. The van der Waals surface area contributed by atoms with Crippen molar-refractivity contribution in [3.8, 4) is 0 Å². The summed E-state index contributed by atoms with van der Waals surface area (Å²) in [6, 6.07) is 0. The van der Waals surface area contributed by atoms with Crippen molar-refractivity contribution in [3.63, 3.8) is 0 Å². The molecule has 0 amide bonds. The third kappa shape index (κ3) is 3.14. The van der Waals surface area contributed by atoms with Crippen LogP contribution in [0.4, 0.5) is 0 Å². The Kier molecular flexibility index (Phi) is 4.29. The second kappa shape index (κ2) is 4.86. The van der Waals surface area contributed by atoms with Gasteiger partial charge in [0.15, 0.2) is 0 Å². The maximum Gasteiger partial charge on any atom is 0.0621 e. The van der Waals surface area contributed by atoms with Gasteiger partial charge >= 0.3 is 0 Å². The van der Waals surface area contributed by atoms with Crippen molar-refractivity contribution in [2.24, 2.45) is 5.41 Å². The zero-order valence-electron chi connectivity index (χ0n) is 9.60. The summed E-state index contributed by atoms with van der Waals surface area (Å²) in [6.45, 7) is 8.02. The van der Waals surface area contributed by atoms with Crippen molar-refractivity contribution in [2.75, 3.05) is 24.7 Å². The molecule has 3 heteroatoms. The molecular weight excluding hydrogens is 194 g/mol. The first-order valence-corrected chi connectivity index (χ1v) is 6.63. The molecule has 1 fully saturated rings. The van der Waals surface area contributed by atoms with E-state index in [4.69, 9.17) is 0 Å². The van der Waals surface area contributed by atoms with Crippen LogP contribution in [0.1, 0.15) is 33.6 Å². The van der Waals surface area contributed by atoms with E-state index in [1.807, 2.05) is 11.8 Å². The van der Waals surface area contributed by atoms with Gasteiger partial charge in [0, 0.05) is 5.75 Å². The third-order valence-electron chi connectivity index (χ3n) is 2.74. The highest BCUT2D eigenvalue weighted by atomic mass is 32.2. The Morgan fingerprint density at radius 2 is 2.07 bits per heavy atom.